The molecule has 0 saturated carbocycles. The van der Waals surface area contributed by atoms with E-state index in [1.54, 1.807) is 23.6 Å². The number of tetrazole rings is 1. The van der Waals surface area contributed by atoms with E-state index >= 15 is 0 Å². The quantitative estimate of drug-likeness (QED) is 0.344. The van der Waals surface area contributed by atoms with Crippen LogP contribution >= 0.6 is 11.8 Å². The Morgan fingerprint density at radius 1 is 1.14 bits per heavy atom. The molecule has 0 aliphatic carbocycles. The monoisotopic (exact) mass is 415 g/mol. The first kappa shape index (κ1) is 21.1. The van der Waals surface area contributed by atoms with Gasteiger partial charge in [-0.25, -0.2) is 0 Å². The van der Waals surface area contributed by atoms with E-state index in [9.17, 15) is 0 Å². The second kappa shape index (κ2) is 11.4. The van der Waals surface area contributed by atoms with Gasteiger partial charge in [-0.1, -0.05) is 36.0 Å². The lowest BCUT2D eigenvalue weighted by Crippen LogP contribution is -2.15. The van der Waals surface area contributed by atoms with E-state index in [2.05, 4.69) is 20.8 Å². The number of aliphatic hydroxyl groups excluding tert-OH is 1. The number of methoxy groups -OCH3 is 1. The molecule has 0 fully saturated rings. The number of ether oxygens (including phenoxy) is 2. The molecule has 0 spiro atoms. The highest BCUT2D eigenvalue weighted by molar-refractivity contribution is 7.99. The van der Waals surface area contributed by atoms with Crippen LogP contribution in [0, 0.1) is 0 Å². The van der Waals surface area contributed by atoms with Crippen LogP contribution in [0.1, 0.15) is 12.0 Å². The molecule has 0 saturated heterocycles. The van der Waals surface area contributed by atoms with E-state index < -0.39 is 0 Å². The Hall–Kier alpha value is -2.62. The summed E-state index contributed by atoms with van der Waals surface area (Å²) in [7, 11) is 1.61. The van der Waals surface area contributed by atoms with Gasteiger partial charge >= 0.3 is 0 Å². The second-order valence-electron chi connectivity index (χ2n) is 6.14. The molecule has 3 aromatic rings. The van der Waals surface area contributed by atoms with Crippen molar-refractivity contribution in [3.63, 3.8) is 0 Å². The normalized spacial score (nSPS) is 10.8. The molecule has 0 aliphatic heterocycles. The number of rotatable bonds is 12. The van der Waals surface area contributed by atoms with Gasteiger partial charge in [0.15, 0.2) is 11.5 Å². The molecule has 0 radical (unpaired) electrons. The molecular formula is C20H25N5O3S. The van der Waals surface area contributed by atoms with E-state index in [4.69, 9.17) is 14.6 Å². The van der Waals surface area contributed by atoms with Crippen molar-refractivity contribution in [1.29, 1.82) is 0 Å². The van der Waals surface area contributed by atoms with Crippen LogP contribution < -0.4 is 14.8 Å². The molecule has 1 heterocycles. The lowest BCUT2D eigenvalue weighted by molar-refractivity contribution is 0.196. The van der Waals surface area contributed by atoms with Gasteiger partial charge in [0.25, 0.3) is 0 Å². The predicted octanol–water partition coefficient (Wildman–Crippen LogP) is 2.31. The van der Waals surface area contributed by atoms with Crippen LogP contribution in [0.5, 0.6) is 11.5 Å². The van der Waals surface area contributed by atoms with Gasteiger partial charge in [-0.3, -0.25) is 0 Å². The Balaban J connectivity index is 1.40. The van der Waals surface area contributed by atoms with Gasteiger partial charge in [0.2, 0.25) is 5.16 Å². The third kappa shape index (κ3) is 6.18. The molecular weight excluding hydrogens is 390 g/mol. The summed E-state index contributed by atoms with van der Waals surface area (Å²) in [6.45, 7) is 1.84. The number of benzene rings is 2. The zero-order valence-electron chi connectivity index (χ0n) is 16.3. The Morgan fingerprint density at radius 2 is 2.00 bits per heavy atom. The van der Waals surface area contributed by atoms with Crippen LogP contribution in [-0.4, -0.2) is 57.9 Å². The molecule has 2 N–H and O–H groups in total. The van der Waals surface area contributed by atoms with Gasteiger partial charge in [-0.05, 0) is 53.2 Å². The number of hydrogen-bond acceptors (Lipinski definition) is 8. The minimum Gasteiger partial charge on any atom is -0.493 e. The number of para-hydroxylation sites is 1. The molecule has 3 rings (SSSR count). The third-order valence-corrected chi connectivity index (χ3v) is 5.08. The van der Waals surface area contributed by atoms with Gasteiger partial charge in [-0.15, -0.1) is 5.10 Å². The predicted molar refractivity (Wildman–Crippen MR) is 112 cm³/mol. The van der Waals surface area contributed by atoms with Crippen molar-refractivity contribution in [1.82, 2.24) is 25.5 Å². The third-order valence-electron chi connectivity index (χ3n) is 4.08. The van der Waals surface area contributed by atoms with Crippen molar-refractivity contribution in [2.45, 2.75) is 18.1 Å². The van der Waals surface area contributed by atoms with Crippen molar-refractivity contribution >= 4 is 11.8 Å². The van der Waals surface area contributed by atoms with Crippen LogP contribution in [0.15, 0.2) is 53.7 Å². The SMILES string of the molecule is COc1cc(CNCCCSc2nnnn2-c2ccccc2)ccc1OCCO. The Kier molecular flexibility index (Phi) is 8.29. The zero-order valence-corrected chi connectivity index (χ0v) is 17.1. The van der Waals surface area contributed by atoms with Gasteiger partial charge in [0.05, 0.1) is 19.4 Å². The number of nitrogens with one attached hydrogen (secondary N) is 1. The fraction of sp³-hybridized carbons (Fsp3) is 0.350. The van der Waals surface area contributed by atoms with E-state index in [0.717, 1.165) is 41.7 Å². The van der Waals surface area contributed by atoms with Crippen molar-refractivity contribution in [2.75, 3.05) is 32.6 Å². The fourth-order valence-electron chi connectivity index (χ4n) is 2.69. The van der Waals surface area contributed by atoms with E-state index in [0.29, 0.717) is 11.5 Å². The first-order chi connectivity index (χ1) is 14.3. The first-order valence-electron chi connectivity index (χ1n) is 9.39. The lowest BCUT2D eigenvalue weighted by Gasteiger charge is -2.12. The highest BCUT2D eigenvalue weighted by Gasteiger charge is 2.08. The van der Waals surface area contributed by atoms with Crippen LogP contribution in [0.3, 0.4) is 0 Å². The number of hydrogen-bond donors (Lipinski definition) is 2. The van der Waals surface area contributed by atoms with Gasteiger partial charge in [0.1, 0.15) is 6.61 Å². The summed E-state index contributed by atoms with van der Waals surface area (Å²) in [5, 5.41) is 25.1. The minimum atomic E-state index is -0.0256. The topological polar surface area (TPSA) is 94.3 Å². The molecule has 1 aromatic heterocycles. The van der Waals surface area contributed by atoms with Gasteiger partial charge in [-0.2, -0.15) is 4.68 Å². The molecule has 0 unspecified atom stereocenters. The average Bonchev–Trinajstić information content (AvgIpc) is 3.24. The molecule has 2 aromatic carbocycles. The van der Waals surface area contributed by atoms with Crippen molar-refractivity contribution in [2.24, 2.45) is 0 Å². The summed E-state index contributed by atoms with van der Waals surface area (Å²) in [5.41, 5.74) is 2.07. The van der Waals surface area contributed by atoms with Crippen molar-refractivity contribution in [3.8, 4) is 17.2 Å². The highest BCUT2D eigenvalue weighted by atomic mass is 32.2. The van der Waals surface area contributed by atoms with Crippen LogP contribution in [0.4, 0.5) is 0 Å². The highest BCUT2D eigenvalue weighted by Crippen LogP contribution is 2.28. The van der Waals surface area contributed by atoms with Crippen LogP contribution in [0.25, 0.3) is 5.69 Å². The maximum absolute atomic E-state index is 8.88. The second-order valence-corrected chi connectivity index (χ2v) is 7.21. The summed E-state index contributed by atoms with van der Waals surface area (Å²) in [6, 6.07) is 15.7. The van der Waals surface area contributed by atoms with Crippen LogP contribution in [0.2, 0.25) is 0 Å². The molecule has 9 heteroatoms. The minimum absolute atomic E-state index is 0.0256. The number of aliphatic hydroxyl groups is 1. The summed E-state index contributed by atoms with van der Waals surface area (Å²) >= 11 is 1.64. The first-order valence-corrected chi connectivity index (χ1v) is 10.4. The largest absolute Gasteiger partial charge is 0.493 e. The molecule has 0 amide bonds. The molecule has 0 aliphatic rings. The molecule has 0 atom stereocenters. The average molecular weight is 416 g/mol. The Morgan fingerprint density at radius 3 is 2.79 bits per heavy atom. The summed E-state index contributed by atoms with van der Waals surface area (Å²) in [6.07, 6.45) is 0.987. The smallest absolute Gasteiger partial charge is 0.214 e. The Labute approximate surface area is 174 Å². The number of nitrogens with zero attached hydrogens (tertiary/aromatic N) is 4. The van der Waals surface area contributed by atoms with Crippen molar-refractivity contribution < 1.29 is 14.6 Å². The molecule has 8 nitrogen and oxygen atoms in total. The zero-order chi connectivity index (χ0) is 20.3. The maximum atomic E-state index is 8.88. The molecule has 154 valence electrons. The summed E-state index contributed by atoms with van der Waals surface area (Å²) in [4.78, 5) is 0. The summed E-state index contributed by atoms with van der Waals surface area (Å²) in [5.74, 6) is 2.22. The Bertz CT molecular complexity index is 876. The standard InChI is InChI=1S/C20H25N5O3S/c1-27-19-14-16(8-9-18(19)28-12-11-26)15-21-10-5-13-29-20-22-23-24-25(20)17-6-3-2-4-7-17/h2-4,6-9,14,21,26H,5,10-13,15H2,1H3. The van der Waals surface area contributed by atoms with Gasteiger partial charge in [0, 0.05) is 12.3 Å². The van der Waals surface area contributed by atoms with E-state index in [1.165, 1.54) is 0 Å². The number of thioether (sulfide) groups is 1. The van der Waals surface area contributed by atoms with E-state index in [1.807, 2.05) is 48.5 Å². The summed E-state index contributed by atoms with van der Waals surface area (Å²) < 4.78 is 12.6. The molecule has 29 heavy (non-hydrogen) atoms. The maximum Gasteiger partial charge on any atom is 0.214 e. The van der Waals surface area contributed by atoms with E-state index in [-0.39, 0.29) is 13.2 Å². The number of aromatic nitrogens is 4. The molecule has 0 bridgehead atoms. The van der Waals surface area contributed by atoms with Crippen molar-refractivity contribution in [3.05, 3.63) is 54.1 Å². The lowest BCUT2D eigenvalue weighted by atomic mass is 10.2. The fourth-order valence-corrected chi connectivity index (χ4v) is 3.52. The van der Waals surface area contributed by atoms with Gasteiger partial charge < -0.3 is 19.9 Å². The van der Waals surface area contributed by atoms with Crippen LogP contribution in [-0.2, 0) is 6.54 Å².